The van der Waals surface area contributed by atoms with Crippen LogP contribution in [-0.2, 0) is 0 Å². The third-order valence-electron chi connectivity index (χ3n) is 3.61. The van der Waals surface area contributed by atoms with Crippen LogP contribution in [0.4, 0.5) is 0 Å². The van der Waals surface area contributed by atoms with Gasteiger partial charge in [-0.05, 0) is 24.2 Å². The fourth-order valence-corrected chi connectivity index (χ4v) is 2.47. The Bertz CT molecular complexity index is 127. The molecule has 3 fully saturated rings. The van der Waals surface area contributed by atoms with Crippen LogP contribution >= 0.6 is 0 Å². The second kappa shape index (κ2) is 3.81. The molecule has 3 aliphatic rings. The van der Waals surface area contributed by atoms with Gasteiger partial charge in [-0.15, -0.1) is 0 Å². The fraction of sp³-hybridized carbons (Fsp3) is 1.00. The minimum atomic E-state index is 1.15. The molecule has 0 N–H and O–H groups in total. The minimum Gasteiger partial charge on any atom is -0.0654 e. The standard InChI is InChI=1S/C6H10.C6H12/c1-2-5-4-6(5)3-1;1-2-3-6-4-5-6/h5-6H,1-4H2;6H,2-5H2,1H3. The Morgan fingerprint density at radius 3 is 1.83 bits per heavy atom. The van der Waals surface area contributed by atoms with E-state index in [-0.39, 0.29) is 0 Å². The van der Waals surface area contributed by atoms with Gasteiger partial charge in [0.25, 0.3) is 0 Å². The molecule has 0 radical (unpaired) electrons. The third kappa shape index (κ3) is 2.50. The van der Waals surface area contributed by atoms with Crippen molar-refractivity contribution in [3.8, 4) is 0 Å². The zero-order valence-corrected chi connectivity index (χ0v) is 8.39. The summed E-state index contributed by atoms with van der Waals surface area (Å²) in [5, 5.41) is 0. The van der Waals surface area contributed by atoms with E-state index in [9.17, 15) is 0 Å². The van der Waals surface area contributed by atoms with Crippen molar-refractivity contribution >= 4 is 0 Å². The molecule has 12 heavy (non-hydrogen) atoms. The van der Waals surface area contributed by atoms with Crippen LogP contribution in [0.15, 0.2) is 0 Å². The Morgan fingerprint density at radius 2 is 1.67 bits per heavy atom. The van der Waals surface area contributed by atoms with Crippen LogP contribution in [-0.4, -0.2) is 0 Å². The van der Waals surface area contributed by atoms with Crippen LogP contribution in [0.2, 0.25) is 0 Å². The second-order valence-corrected chi connectivity index (χ2v) is 4.92. The molecule has 0 bridgehead atoms. The Labute approximate surface area is 76.7 Å². The van der Waals surface area contributed by atoms with E-state index in [0.29, 0.717) is 0 Å². The van der Waals surface area contributed by atoms with Gasteiger partial charge in [-0.1, -0.05) is 51.9 Å². The Morgan fingerprint density at radius 1 is 1.00 bits per heavy atom. The number of rotatable bonds is 2. The van der Waals surface area contributed by atoms with Crippen molar-refractivity contribution in [1.82, 2.24) is 0 Å². The van der Waals surface area contributed by atoms with Crippen molar-refractivity contribution < 1.29 is 0 Å². The summed E-state index contributed by atoms with van der Waals surface area (Å²) in [7, 11) is 0. The summed E-state index contributed by atoms with van der Waals surface area (Å²) in [5.41, 5.74) is 0. The van der Waals surface area contributed by atoms with Crippen molar-refractivity contribution in [2.45, 2.75) is 58.3 Å². The van der Waals surface area contributed by atoms with E-state index >= 15 is 0 Å². The van der Waals surface area contributed by atoms with Crippen molar-refractivity contribution in [3.63, 3.8) is 0 Å². The maximum absolute atomic E-state index is 2.26. The molecule has 0 aromatic rings. The van der Waals surface area contributed by atoms with Crippen molar-refractivity contribution in [2.75, 3.05) is 0 Å². The predicted octanol–water partition coefficient (Wildman–Crippen LogP) is 4.00. The van der Waals surface area contributed by atoms with E-state index in [2.05, 4.69) is 6.92 Å². The van der Waals surface area contributed by atoms with E-state index in [1.54, 1.807) is 19.3 Å². The maximum Gasteiger partial charge on any atom is -0.0383 e. The summed E-state index contributed by atoms with van der Waals surface area (Å²) in [6.45, 7) is 2.26. The summed E-state index contributed by atoms with van der Waals surface area (Å²) < 4.78 is 0. The van der Waals surface area contributed by atoms with Gasteiger partial charge in [-0.2, -0.15) is 0 Å². The van der Waals surface area contributed by atoms with Crippen LogP contribution in [0.5, 0.6) is 0 Å². The molecule has 0 aliphatic heterocycles. The molecule has 0 aromatic heterocycles. The highest BCUT2D eigenvalue weighted by Gasteiger charge is 2.40. The van der Waals surface area contributed by atoms with Crippen LogP contribution in [0, 0.1) is 17.8 Å². The molecule has 3 rings (SSSR count). The van der Waals surface area contributed by atoms with Gasteiger partial charge in [0.1, 0.15) is 0 Å². The largest absolute Gasteiger partial charge is 0.0654 e. The summed E-state index contributed by atoms with van der Waals surface area (Å²) in [4.78, 5) is 0. The predicted molar refractivity (Wildman–Crippen MR) is 53.1 cm³/mol. The van der Waals surface area contributed by atoms with Crippen LogP contribution in [0.25, 0.3) is 0 Å². The van der Waals surface area contributed by atoms with E-state index < -0.39 is 0 Å². The average molecular weight is 166 g/mol. The molecule has 0 heterocycles. The average Bonchev–Trinajstić information content (AvgIpc) is 2.98. The van der Waals surface area contributed by atoms with Gasteiger partial charge in [-0.25, -0.2) is 0 Å². The van der Waals surface area contributed by atoms with Gasteiger partial charge in [0.15, 0.2) is 0 Å². The maximum atomic E-state index is 2.26. The highest BCUT2D eigenvalue weighted by Crippen LogP contribution is 2.51. The van der Waals surface area contributed by atoms with Gasteiger partial charge in [0.05, 0.1) is 0 Å². The van der Waals surface area contributed by atoms with Crippen LogP contribution in [0.3, 0.4) is 0 Å². The third-order valence-corrected chi connectivity index (χ3v) is 3.61. The summed E-state index contributed by atoms with van der Waals surface area (Å²) in [6.07, 6.45) is 12.2. The van der Waals surface area contributed by atoms with Gasteiger partial charge < -0.3 is 0 Å². The first-order valence-electron chi connectivity index (χ1n) is 5.90. The normalized spacial score (nSPS) is 36.8. The molecular weight excluding hydrogens is 144 g/mol. The lowest BCUT2D eigenvalue weighted by molar-refractivity contribution is 0.708. The van der Waals surface area contributed by atoms with Crippen LogP contribution < -0.4 is 0 Å². The Hall–Kier alpha value is 0. The fourth-order valence-electron chi connectivity index (χ4n) is 2.47. The van der Waals surface area contributed by atoms with Gasteiger partial charge in [0.2, 0.25) is 0 Å². The molecule has 2 unspecified atom stereocenters. The van der Waals surface area contributed by atoms with E-state index in [4.69, 9.17) is 0 Å². The SMILES string of the molecule is C1CC2CC2C1.CCCC1CC1. The zero-order chi connectivity index (χ0) is 8.39. The van der Waals surface area contributed by atoms with Crippen molar-refractivity contribution in [1.29, 1.82) is 0 Å². The summed E-state index contributed by atoms with van der Waals surface area (Å²) in [6, 6.07) is 0. The van der Waals surface area contributed by atoms with Crippen molar-refractivity contribution in [3.05, 3.63) is 0 Å². The number of fused-ring (bicyclic) bond motifs is 1. The monoisotopic (exact) mass is 166 g/mol. The van der Waals surface area contributed by atoms with Gasteiger partial charge >= 0.3 is 0 Å². The molecular formula is C12H22. The molecule has 2 atom stereocenters. The van der Waals surface area contributed by atoms with Gasteiger partial charge in [-0.3, -0.25) is 0 Å². The highest BCUT2D eigenvalue weighted by atomic mass is 14.5. The lowest BCUT2D eigenvalue weighted by atomic mass is 10.2. The lowest BCUT2D eigenvalue weighted by Gasteiger charge is -1.82. The minimum absolute atomic E-state index is 1.15. The second-order valence-electron chi connectivity index (χ2n) is 4.92. The molecule has 70 valence electrons. The Balaban J connectivity index is 0.0000000939. The molecule has 3 aliphatic carbocycles. The topological polar surface area (TPSA) is 0 Å². The molecule has 0 amide bonds. The molecule has 0 spiro atoms. The first-order valence-corrected chi connectivity index (χ1v) is 5.90. The molecule has 0 nitrogen and oxygen atoms in total. The first-order chi connectivity index (χ1) is 5.90. The molecule has 3 saturated carbocycles. The highest BCUT2D eigenvalue weighted by molar-refractivity contribution is 4.91. The van der Waals surface area contributed by atoms with Crippen molar-refractivity contribution in [2.24, 2.45) is 17.8 Å². The zero-order valence-electron chi connectivity index (χ0n) is 8.39. The summed E-state index contributed by atoms with van der Waals surface area (Å²) >= 11 is 0. The quantitative estimate of drug-likeness (QED) is 0.581. The molecule has 0 saturated heterocycles. The molecule has 0 aromatic carbocycles. The number of hydrogen-bond acceptors (Lipinski definition) is 0. The smallest absolute Gasteiger partial charge is 0.0383 e. The number of hydrogen-bond donors (Lipinski definition) is 0. The van der Waals surface area contributed by atoms with E-state index in [1.165, 1.54) is 43.9 Å². The first kappa shape index (κ1) is 8.59. The Kier molecular flexibility index (Phi) is 2.73. The lowest BCUT2D eigenvalue weighted by Crippen LogP contribution is -1.68. The van der Waals surface area contributed by atoms with Crippen LogP contribution in [0.1, 0.15) is 58.3 Å². The van der Waals surface area contributed by atoms with Gasteiger partial charge in [0, 0.05) is 0 Å². The van der Waals surface area contributed by atoms with E-state index in [0.717, 1.165) is 5.92 Å². The molecule has 0 heteroatoms. The summed E-state index contributed by atoms with van der Waals surface area (Å²) in [5.74, 6) is 3.57. The van der Waals surface area contributed by atoms with E-state index in [1.807, 2.05) is 0 Å².